The highest BCUT2D eigenvalue weighted by atomic mass is 32.1. The Labute approximate surface area is 135 Å². The lowest BCUT2D eigenvalue weighted by Crippen LogP contribution is -2.11. The van der Waals surface area contributed by atoms with Gasteiger partial charge in [0.05, 0.1) is 17.6 Å². The van der Waals surface area contributed by atoms with Gasteiger partial charge in [-0.1, -0.05) is 24.3 Å². The van der Waals surface area contributed by atoms with Crippen molar-refractivity contribution in [2.24, 2.45) is 5.73 Å². The average molecular weight is 324 g/mol. The van der Waals surface area contributed by atoms with Crippen molar-refractivity contribution < 1.29 is 9.18 Å². The molecule has 5 heteroatoms. The molecule has 0 atom stereocenters. The van der Waals surface area contributed by atoms with E-state index >= 15 is 0 Å². The Bertz CT molecular complexity index is 1030. The number of primary amides is 1. The van der Waals surface area contributed by atoms with Crippen molar-refractivity contribution in [3.63, 3.8) is 0 Å². The zero-order valence-corrected chi connectivity index (χ0v) is 12.9. The van der Waals surface area contributed by atoms with Crippen LogP contribution in [0.3, 0.4) is 0 Å². The minimum atomic E-state index is -0.505. The fraction of sp³-hybridized carbons (Fsp3) is 0.0556. The largest absolute Gasteiger partial charge is 0.366 e. The van der Waals surface area contributed by atoms with Gasteiger partial charge in [-0.25, -0.2) is 4.39 Å². The van der Waals surface area contributed by atoms with Crippen LogP contribution in [0, 0.1) is 5.82 Å². The number of hydrogen-bond acceptors (Lipinski definition) is 2. The van der Waals surface area contributed by atoms with Crippen LogP contribution in [-0.2, 0) is 6.54 Å². The average Bonchev–Trinajstić information content (AvgIpc) is 3.15. The lowest BCUT2D eigenvalue weighted by atomic mass is 10.1. The number of para-hydroxylation sites is 1. The second-order valence-corrected chi connectivity index (χ2v) is 6.40. The van der Waals surface area contributed by atoms with E-state index < -0.39 is 5.91 Å². The van der Waals surface area contributed by atoms with Crippen molar-refractivity contribution in [2.75, 3.05) is 0 Å². The Morgan fingerprint density at radius 3 is 2.70 bits per heavy atom. The summed E-state index contributed by atoms with van der Waals surface area (Å²) in [7, 11) is 0. The first-order chi connectivity index (χ1) is 11.2. The molecule has 0 aliphatic heterocycles. The fourth-order valence-electron chi connectivity index (χ4n) is 3.09. The standard InChI is InChI=1S/C18H13FN2OS/c19-14-7-1-5-12-16-13(18(20)22)6-2-8-15(16)21(17(12)14)10-11-4-3-9-23-11/h1-9H,10H2,(H2,20,22). The van der Waals surface area contributed by atoms with E-state index in [1.54, 1.807) is 29.5 Å². The number of halogens is 1. The number of nitrogens with two attached hydrogens (primary N) is 1. The summed E-state index contributed by atoms with van der Waals surface area (Å²) in [5.74, 6) is -0.805. The highest BCUT2D eigenvalue weighted by Crippen LogP contribution is 2.34. The third-order valence-electron chi connectivity index (χ3n) is 4.02. The molecule has 0 saturated heterocycles. The summed E-state index contributed by atoms with van der Waals surface area (Å²) >= 11 is 1.62. The van der Waals surface area contributed by atoms with Gasteiger partial charge in [-0.2, -0.15) is 0 Å². The Morgan fingerprint density at radius 1 is 1.13 bits per heavy atom. The normalized spacial score (nSPS) is 11.3. The molecule has 114 valence electrons. The van der Waals surface area contributed by atoms with Crippen molar-refractivity contribution in [1.29, 1.82) is 0 Å². The van der Waals surface area contributed by atoms with Crippen LogP contribution in [0.1, 0.15) is 15.2 Å². The highest BCUT2D eigenvalue weighted by molar-refractivity contribution is 7.09. The summed E-state index contributed by atoms with van der Waals surface area (Å²) in [6, 6.07) is 14.3. The molecule has 2 aromatic carbocycles. The first kappa shape index (κ1) is 14.0. The SMILES string of the molecule is NC(=O)c1cccc2c1c1cccc(F)c1n2Cc1cccs1. The van der Waals surface area contributed by atoms with Crippen LogP contribution in [-0.4, -0.2) is 10.5 Å². The van der Waals surface area contributed by atoms with Crippen molar-refractivity contribution in [3.8, 4) is 0 Å². The Kier molecular flexibility index (Phi) is 3.16. The number of rotatable bonds is 3. The molecule has 2 N–H and O–H groups in total. The number of carbonyl (C=O) groups excluding carboxylic acids is 1. The number of hydrogen-bond donors (Lipinski definition) is 1. The number of amides is 1. The summed E-state index contributed by atoms with van der Waals surface area (Å²) in [6.45, 7) is 0.556. The molecular weight excluding hydrogens is 311 g/mol. The molecule has 0 fully saturated rings. The Balaban J connectivity index is 2.14. The second-order valence-electron chi connectivity index (χ2n) is 5.37. The molecule has 4 rings (SSSR count). The molecule has 3 nitrogen and oxygen atoms in total. The minimum Gasteiger partial charge on any atom is -0.366 e. The molecule has 0 saturated carbocycles. The van der Waals surface area contributed by atoms with Crippen LogP contribution in [0.2, 0.25) is 0 Å². The summed E-state index contributed by atoms with van der Waals surface area (Å²) in [5.41, 5.74) is 7.25. The maximum absolute atomic E-state index is 14.5. The first-order valence-electron chi connectivity index (χ1n) is 7.18. The van der Waals surface area contributed by atoms with Crippen LogP contribution in [0.25, 0.3) is 21.8 Å². The molecule has 4 aromatic rings. The lowest BCUT2D eigenvalue weighted by Gasteiger charge is -2.06. The number of benzene rings is 2. The third-order valence-corrected chi connectivity index (χ3v) is 4.88. The number of thiophene rings is 1. The van der Waals surface area contributed by atoms with Crippen LogP contribution in [0.15, 0.2) is 53.9 Å². The Morgan fingerprint density at radius 2 is 1.96 bits per heavy atom. The molecule has 0 aliphatic carbocycles. The Hall–Kier alpha value is -2.66. The molecule has 23 heavy (non-hydrogen) atoms. The monoisotopic (exact) mass is 324 g/mol. The van der Waals surface area contributed by atoms with E-state index in [0.29, 0.717) is 28.4 Å². The summed E-state index contributed by atoms with van der Waals surface area (Å²) in [6.07, 6.45) is 0. The quantitative estimate of drug-likeness (QED) is 0.605. The molecular formula is C18H13FN2OS. The van der Waals surface area contributed by atoms with E-state index in [4.69, 9.17) is 5.73 Å². The fourth-order valence-corrected chi connectivity index (χ4v) is 3.78. The minimum absolute atomic E-state index is 0.300. The van der Waals surface area contributed by atoms with Gasteiger partial charge in [0.1, 0.15) is 5.82 Å². The number of aromatic nitrogens is 1. The zero-order chi connectivity index (χ0) is 16.0. The molecule has 0 spiro atoms. The van der Waals surface area contributed by atoms with Crippen LogP contribution in [0.5, 0.6) is 0 Å². The van der Waals surface area contributed by atoms with E-state index in [1.165, 1.54) is 6.07 Å². The van der Waals surface area contributed by atoms with E-state index in [0.717, 1.165) is 10.4 Å². The molecule has 0 radical (unpaired) electrons. The molecule has 0 aliphatic rings. The zero-order valence-electron chi connectivity index (χ0n) is 12.1. The maximum Gasteiger partial charge on any atom is 0.249 e. The molecule has 2 heterocycles. The van der Waals surface area contributed by atoms with Crippen molar-refractivity contribution in [3.05, 3.63) is 70.2 Å². The number of nitrogens with zero attached hydrogens (tertiary/aromatic N) is 1. The molecule has 0 bridgehead atoms. The van der Waals surface area contributed by atoms with Gasteiger partial charge in [0.2, 0.25) is 5.91 Å². The van der Waals surface area contributed by atoms with Gasteiger partial charge in [-0.05, 0) is 29.6 Å². The van der Waals surface area contributed by atoms with E-state index in [2.05, 4.69) is 0 Å². The molecule has 0 unspecified atom stereocenters. The third kappa shape index (κ3) is 2.12. The van der Waals surface area contributed by atoms with Crippen LogP contribution in [0.4, 0.5) is 4.39 Å². The van der Waals surface area contributed by atoms with E-state index in [1.807, 2.05) is 34.2 Å². The predicted octanol–water partition coefficient (Wildman–Crippen LogP) is 4.14. The molecule has 2 aromatic heterocycles. The van der Waals surface area contributed by atoms with Gasteiger partial charge < -0.3 is 10.3 Å². The highest BCUT2D eigenvalue weighted by Gasteiger charge is 2.18. The van der Waals surface area contributed by atoms with Gasteiger partial charge in [0, 0.05) is 21.2 Å². The van der Waals surface area contributed by atoms with E-state index in [9.17, 15) is 9.18 Å². The molecule has 1 amide bonds. The topological polar surface area (TPSA) is 48.0 Å². The first-order valence-corrected chi connectivity index (χ1v) is 8.06. The maximum atomic E-state index is 14.5. The van der Waals surface area contributed by atoms with Gasteiger partial charge in [0.15, 0.2) is 0 Å². The van der Waals surface area contributed by atoms with Crippen molar-refractivity contribution >= 4 is 39.0 Å². The predicted molar refractivity (Wildman–Crippen MR) is 91.3 cm³/mol. The van der Waals surface area contributed by atoms with Crippen LogP contribution >= 0.6 is 11.3 Å². The smallest absolute Gasteiger partial charge is 0.249 e. The second kappa shape index (κ2) is 5.21. The van der Waals surface area contributed by atoms with Gasteiger partial charge >= 0.3 is 0 Å². The van der Waals surface area contributed by atoms with Crippen molar-refractivity contribution in [2.45, 2.75) is 6.54 Å². The number of carbonyl (C=O) groups is 1. The summed E-state index contributed by atoms with van der Waals surface area (Å²) in [5, 5.41) is 3.42. The lowest BCUT2D eigenvalue weighted by molar-refractivity contribution is 0.100. The van der Waals surface area contributed by atoms with Gasteiger partial charge in [0.25, 0.3) is 0 Å². The summed E-state index contributed by atoms with van der Waals surface area (Å²) < 4.78 is 16.4. The number of fused-ring (bicyclic) bond motifs is 3. The van der Waals surface area contributed by atoms with E-state index in [-0.39, 0.29) is 5.82 Å². The van der Waals surface area contributed by atoms with Gasteiger partial charge in [-0.15, -0.1) is 11.3 Å². The summed E-state index contributed by atoms with van der Waals surface area (Å²) in [4.78, 5) is 12.9. The van der Waals surface area contributed by atoms with Crippen molar-refractivity contribution in [1.82, 2.24) is 4.57 Å². The van der Waals surface area contributed by atoms with Gasteiger partial charge in [-0.3, -0.25) is 4.79 Å². The van der Waals surface area contributed by atoms with Crippen LogP contribution < -0.4 is 5.73 Å².